The summed E-state index contributed by atoms with van der Waals surface area (Å²) in [7, 11) is 1.81. The van der Waals surface area contributed by atoms with Gasteiger partial charge in [-0.15, -0.1) is 0 Å². The summed E-state index contributed by atoms with van der Waals surface area (Å²) < 4.78 is 28.4. The number of fused-ring (bicyclic) bond motifs is 1. The normalized spacial score (nSPS) is 19.3. The number of ether oxygens (including phenoxy) is 5. The van der Waals surface area contributed by atoms with Gasteiger partial charge in [0.25, 0.3) is 11.1 Å². The van der Waals surface area contributed by atoms with Crippen LogP contribution < -0.4 is 46.3 Å². The molecule has 5 heterocycles. The average molecular weight is 1080 g/mol. The lowest BCUT2D eigenvalue weighted by Gasteiger charge is -2.20. The topological polar surface area (TPSA) is 279 Å². The molecule has 2 aromatic carbocycles. The van der Waals surface area contributed by atoms with Crippen molar-refractivity contribution in [2.75, 3.05) is 83.6 Å². The van der Waals surface area contributed by atoms with Gasteiger partial charge in [0.1, 0.15) is 30.0 Å². The number of benzene rings is 2. The smallest absolute Gasteiger partial charge is 0.315 e. The first-order valence-electron chi connectivity index (χ1n) is 25.2. The van der Waals surface area contributed by atoms with E-state index in [4.69, 9.17) is 23.7 Å². The number of anilines is 1. The van der Waals surface area contributed by atoms with E-state index in [0.717, 1.165) is 47.9 Å². The van der Waals surface area contributed by atoms with Crippen LogP contribution in [0.2, 0.25) is 0 Å². The number of thioether (sulfide) groups is 2. The Morgan fingerprint density at radius 2 is 1.53 bits per heavy atom. The zero-order valence-corrected chi connectivity index (χ0v) is 43.8. The van der Waals surface area contributed by atoms with Gasteiger partial charge in [0.2, 0.25) is 23.4 Å². The number of rotatable bonds is 33. The number of hydrogen-bond acceptors (Lipinski definition) is 18. The molecule has 6 N–H and O–H groups in total. The second-order valence-electron chi connectivity index (χ2n) is 18.4. The molecular weight excluding hydrogens is 1010 g/mol. The standard InChI is InChI=1S/C51H66N10O12S2/c1-51(59-60-51)35-13-11-34(12-14-35)46(64)55-38(31-44(63)73-37-17-20-52-42(30-37)61(2)21-24-72-36-15-9-33(10-16-36)29-41-48(66)58-50(68)75-41)47(65)54-19-6-23-70-26-28-71-27-25-69-22-5-18-53-43(62)8-4-3-7-40-45-39(32-74-40)56-49(67)57-45/h9-17,20,30,38-41,45H,3-8,18-19,21-29,31-32H2,1-2H3,(H,53,62)(H,54,65)(H,55,64)(H2,56,57,67)(H,58,66,68)/t38-,39+,40+,41?,45+/m1/s1. The number of esters is 1. The zero-order chi connectivity index (χ0) is 53.0. The van der Waals surface area contributed by atoms with Crippen LogP contribution in [0.25, 0.3) is 0 Å². The van der Waals surface area contributed by atoms with Gasteiger partial charge in [0.15, 0.2) is 0 Å². The highest BCUT2D eigenvalue weighted by Crippen LogP contribution is 2.38. The lowest BCUT2D eigenvalue weighted by atomic mass is 10.0. The lowest BCUT2D eigenvalue weighted by Crippen LogP contribution is -2.48. The second-order valence-corrected chi connectivity index (χ2v) is 20.9. The predicted molar refractivity (Wildman–Crippen MR) is 280 cm³/mol. The van der Waals surface area contributed by atoms with Gasteiger partial charge in [0.05, 0.1) is 56.7 Å². The minimum Gasteiger partial charge on any atom is -0.492 e. The van der Waals surface area contributed by atoms with E-state index in [9.17, 15) is 33.6 Å². The van der Waals surface area contributed by atoms with Crippen molar-refractivity contribution in [2.45, 2.75) is 92.6 Å². The van der Waals surface area contributed by atoms with Crippen molar-refractivity contribution in [1.29, 1.82) is 0 Å². The van der Waals surface area contributed by atoms with Crippen LogP contribution in [0.5, 0.6) is 11.5 Å². The van der Waals surface area contributed by atoms with E-state index in [2.05, 4.69) is 47.1 Å². The molecule has 0 spiro atoms. The van der Waals surface area contributed by atoms with E-state index in [1.54, 1.807) is 49.5 Å². The number of pyridine rings is 1. The first-order chi connectivity index (χ1) is 36.3. The summed E-state index contributed by atoms with van der Waals surface area (Å²) in [5, 5.41) is 24.4. The first kappa shape index (κ1) is 56.4. The van der Waals surface area contributed by atoms with Crippen LogP contribution in [-0.4, -0.2) is 153 Å². The number of nitrogens with zero attached hydrogens (tertiary/aromatic N) is 4. The maximum atomic E-state index is 13.5. The van der Waals surface area contributed by atoms with Crippen molar-refractivity contribution < 1.29 is 57.2 Å². The number of carbonyl (C=O) groups is 7. The van der Waals surface area contributed by atoms with Gasteiger partial charge in [-0.05, 0) is 74.9 Å². The number of likely N-dealkylation sites (N-methyl/N-ethyl adjacent to an activating group) is 1. The summed E-state index contributed by atoms with van der Waals surface area (Å²) in [6.45, 7) is 5.66. The van der Waals surface area contributed by atoms with Gasteiger partial charge in [-0.1, -0.05) is 42.4 Å². The Morgan fingerprint density at radius 3 is 2.23 bits per heavy atom. The van der Waals surface area contributed by atoms with E-state index in [0.29, 0.717) is 102 Å². The lowest BCUT2D eigenvalue weighted by molar-refractivity contribution is -0.137. The molecule has 0 bridgehead atoms. The fourth-order valence-electron chi connectivity index (χ4n) is 8.28. The number of unbranched alkanes of at least 4 members (excludes halogenated alkanes) is 1. The summed E-state index contributed by atoms with van der Waals surface area (Å²) in [5.74, 6) is 0.113. The van der Waals surface area contributed by atoms with Crippen molar-refractivity contribution in [3.05, 3.63) is 83.6 Å². The first-order valence-corrected chi connectivity index (χ1v) is 27.2. The Morgan fingerprint density at radius 1 is 0.827 bits per heavy atom. The zero-order valence-electron chi connectivity index (χ0n) is 42.2. The number of aromatic nitrogens is 1. The van der Waals surface area contributed by atoms with E-state index in [1.165, 1.54) is 12.3 Å². The van der Waals surface area contributed by atoms with Crippen LogP contribution in [0, 0.1) is 0 Å². The van der Waals surface area contributed by atoms with Gasteiger partial charge in [-0.2, -0.15) is 22.0 Å². The van der Waals surface area contributed by atoms with Crippen LogP contribution in [0.1, 0.15) is 73.4 Å². The van der Waals surface area contributed by atoms with Crippen LogP contribution in [0.3, 0.4) is 0 Å². The van der Waals surface area contributed by atoms with Crippen LogP contribution in [0.4, 0.5) is 15.4 Å². The number of urea groups is 1. The van der Waals surface area contributed by atoms with Gasteiger partial charge in [0, 0.05) is 74.2 Å². The molecular formula is C51H66N10O12S2. The molecule has 0 saturated carbocycles. The number of imide groups is 1. The Hall–Kier alpha value is -6.34. The van der Waals surface area contributed by atoms with E-state index < -0.39 is 41.2 Å². The summed E-state index contributed by atoms with van der Waals surface area (Å²) in [6.07, 6.45) is 5.84. The molecule has 1 aromatic heterocycles. The molecule has 1 unspecified atom stereocenters. The maximum absolute atomic E-state index is 13.5. The van der Waals surface area contributed by atoms with Gasteiger partial charge < -0.3 is 55.2 Å². The average Bonchev–Trinajstić information content (AvgIpc) is 3.70. The minimum absolute atomic E-state index is 0.0351. The van der Waals surface area contributed by atoms with Crippen molar-refractivity contribution in [3.8, 4) is 11.5 Å². The van der Waals surface area contributed by atoms with Crippen molar-refractivity contribution in [3.63, 3.8) is 0 Å². The summed E-state index contributed by atoms with van der Waals surface area (Å²) in [6, 6.07) is 16.2. The molecule has 3 saturated heterocycles. The van der Waals surface area contributed by atoms with Gasteiger partial charge in [-0.25, -0.2) is 9.78 Å². The molecule has 75 heavy (non-hydrogen) atoms. The summed E-state index contributed by atoms with van der Waals surface area (Å²) in [5.41, 5.74) is 1.37. The Kier molecular flexibility index (Phi) is 21.4. The highest BCUT2D eigenvalue weighted by molar-refractivity contribution is 8.15. The fourth-order valence-corrected chi connectivity index (χ4v) is 10.7. The highest BCUT2D eigenvalue weighted by atomic mass is 32.2. The molecule has 3 aromatic rings. The number of nitrogens with one attached hydrogen (secondary N) is 6. The molecule has 7 rings (SSSR count). The monoisotopic (exact) mass is 1070 g/mol. The largest absolute Gasteiger partial charge is 0.492 e. The van der Waals surface area contributed by atoms with E-state index in [-0.39, 0.29) is 53.0 Å². The Bertz CT molecular complexity index is 2470. The Balaban J connectivity index is 0.748. The van der Waals surface area contributed by atoms with Crippen molar-refractivity contribution >= 4 is 70.2 Å². The molecule has 0 radical (unpaired) electrons. The molecule has 0 aliphatic carbocycles. The SMILES string of the molecule is CN(CCOc1ccc(CC2SC(=O)NC2=O)cc1)c1cc(OC(=O)C[C@@H](NC(=O)c2ccc(C3(C)N=N3)cc2)C(=O)NCCCOCCOCCOCCCNC(=O)CCCC[C@@H]2SC[C@@H]3NC(=O)N[C@@H]32)ccn1. The third-order valence-electron chi connectivity index (χ3n) is 12.6. The molecule has 22 nitrogen and oxygen atoms in total. The maximum Gasteiger partial charge on any atom is 0.315 e. The van der Waals surface area contributed by atoms with Crippen molar-refractivity contribution in [2.24, 2.45) is 10.2 Å². The number of amides is 7. The van der Waals surface area contributed by atoms with Gasteiger partial charge >= 0.3 is 12.0 Å². The molecule has 24 heteroatoms. The quantitative estimate of drug-likeness (QED) is 0.0286. The number of hydrogen-bond donors (Lipinski definition) is 6. The predicted octanol–water partition coefficient (Wildman–Crippen LogP) is 4.01. The van der Waals surface area contributed by atoms with Gasteiger partial charge in [-0.3, -0.25) is 34.1 Å². The summed E-state index contributed by atoms with van der Waals surface area (Å²) >= 11 is 2.87. The third-order valence-corrected chi connectivity index (χ3v) is 15.1. The highest BCUT2D eigenvalue weighted by Gasteiger charge is 2.42. The molecule has 404 valence electrons. The molecule has 4 aliphatic heterocycles. The van der Waals surface area contributed by atoms with E-state index >= 15 is 0 Å². The fraction of sp³-hybridized carbons (Fsp3) is 0.529. The molecule has 4 aliphatic rings. The van der Waals surface area contributed by atoms with Crippen LogP contribution in [-0.2, 0) is 45.5 Å². The second kappa shape index (κ2) is 28.5. The third kappa shape index (κ3) is 18.2. The summed E-state index contributed by atoms with van der Waals surface area (Å²) in [4.78, 5) is 93.6. The van der Waals surface area contributed by atoms with Crippen LogP contribution in [0.15, 0.2) is 77.1 Å². The molecule has 3 fully saturated rings. The van der Waals surface area contributed by atoms with Crippen molar-refractivity contribution in [1.82, 2.24) is 36.9 Å². The van der Waals surface area contributed by atoms with Crippen LogP contribution >= 0.6 is 23.5 Å². The Labute approximate surface area is 444 Å². The minimum atomic E-state index is -1.26. The molecule has 5 atom stereocenters. The number of carbonyl (C=O) groups excluding carboxylic acids is 7. The van der Waals surface area contributed by atoms with E-state index in [1.807, 2.05) is 35.7 Å². The molecule has 7 amide bonds.